The largest absolute Gasteiger partial charge is 0.465 e. The number of amides is 3. The number of carboxylic acid groups (broad SMARTS) is 1. The van der Waals surface area contributed by atoms with E-state index in [1.807, 2.05) is 29.6 Å². The number of nitrogens with one attached hydrogen (secondary N) is 3. The van der Waals surface area contributed by atoms with Gasteiger partial charge in [0.2, 0.25) is 0 Å². The van der Waals surface area contributed by atoms with Gasteiger partial charge in [0.15, 0.2) is 0 Å². The molecule has 2 aromatic carbocycles. The Labute approximate surface area is 220 Å². The van der Waals surface area contributed by atoms with Gasteiger partial charge in [-0.3, -0.25) is 0 Å². The number of hydrogen-bond acceptors (Lipinski definition) is 5. The molecule has 0 bridgehead atoms. The van der Waals surface area contributed by atoms with E-state index in [4.69, 9.17) is 14.6 Å². The van der Waals surface area contributed by atoms with Crippen LogP contribution in [0.1, 0.15) is 76.3 Å². The van der Waals surface area contributed by atoms with Gasteiger partial charge in [-0.15, -0.1) is 0 Å². The molecule has 2 aromatic rings. The van der Waals surface area contributed by atoms with Gasteiger partial charge in [-0.1, -0.05) is 58.4 Å². The molecular weight excluding hydrogens is 474 g/mol. The Morgan fingerprint density at radius 2 is 1.22 bits per heavy atom. The van der Waals surface area contributed by atoms with Gasteiger partial charge in [0.1, 0.15) is 11.5 Å². The van der Waals surface area contributed by atoms with Crippen LogP contribution in [-0.4, -0.2) is 44.5 Å². The zero-order chi connectivity index (χ0) is 28.2. The highest BCUT2D eigenvalue weighted by Gasteiger charge is 2.09. The fraction of sp³-hybridized carbons (Fsp3) is 0.464. The van der Waals surface area contributed by atoms with Gasteiger partial charge in [0.25, 0.3) is 0 Å². The lowest BCUT2D eigenvalue weighted by molar-refractivity contribution is 0.196. The zero-order valence-electron chi connectivity index (χ0n) is 23.1. The SMILES string of the molecule is CCC(CC)c1cccc(OC(=O)NC)c1.CCCC(C)c1cccc(OC(=O)NC)c1.CNC(=O)O. The second-order valence-corrected chi connectivity index (χ2v) is 8.18. The summed E-state index contributed by atoms with van der Waals surface area (Å²) in [5, 5.41) is 14.4. The van der Waals surface area contributed by atoms with Crippen molar-refractivity contribution in [3.05, 3.63) is 59.7 Å². The van der Waals surface area contributed by atoms with Crippen molar-refractivity contribution < 1.29 is 29.0 Å². The Morgan fingerprint density at radius 1 is 0.784 bits per heavy atom. The molecule has 4 N–H and O–H groups in total. The van der Waals surface area contributed by atoms with Gasteiger partial charge in [0.05, 0.1) is 0 Å². The van der Waals surface area contributed by atoms with Crippen LogP contribution in [0.4, 0.5) is 14.4 Å². The van der Waals surface area contributed by atoms with Crippen LogP contribution in [0.25, 0.3) is 0 Å². The molecule has 2 rings (SSSR count). The Morgan fingerprint density at radius 3 is 1.59 bits per heavy atom. The Balaban J connectivity index is 0.000000594. The minimum absolute atomic E-state index is 0.429. The fourth-order valence-corrected chi connectivity index (χ4v) is 3.39. The second kappa shape index (κ2) is 19.4. The van der Waals surface area contributed by atoms with Crippen molar-refractivity contribution in [1.29, 1.82) is 0 Å². The van der Waals surface area contributed by atoms with Crippen molar-refractivity contribution in [1.82, 2.24) is 16.0 Å². The van der Waals surface area contributed by atoms with E-state index in [1.54, 1.807) is 26.2 Å². The fourth-order valence-electron chi connectivity index (χ4n) is 3.39. The van der Waals surface area contributed by atoms with Gasteiger partial charge in [-0.05, 0) is 66.5 Å². The van der Waals surface area contributed by atoms with Crippen LogP contribution in [0.15, 0.2) is 48.5 Å². The highest BCUT2D eigenvalue weighted by Crippen LogP contribution is 2.26. The van der Waals surface area contributed by atoms with E-state index >= 15 is 0 Å². The lowest BCUT2D eigenvalue weighted by Gasteiger charge is -2.13. The maximum atomic E-state index is 11.1. The van der Waals surface area contributed by atoms with Gasteiger partial charge < -0.3 is 30.5 Å². The number of hydrogen-bond donors (Lipinski definition) is 4. The first-order chi connectivity index (χ1) is 17.6. The van der Waals surface area contributed by atoms with E-state index in [9.17, 15) is 14.4 Å². The first-order valence-corrected chi connectivity index (χ1v) is 12.5. The van der Waals surface area contributed by atoms with Gasteiger partial charge in [0, 0.05) is 21.1 Å². The molecule has 1 atom stereocenters. The molecule has 0 fully saturated rings. The lowest BCUT2D eigenvalue weighted by Crippen LogP contribution is -2.22. The summed E-state index contributed by atoms with van der Waals surface area (Å²) in [5.74, 6) is 2.23. The Kier molecular flexibility index (Phi) is 17.5. The third-order valence-electron chi connectivity index (χ3n) is 5.51. The summed E-state index contributed by atoms with van der Waals surface area (Å²) >= 11 is 0. The molecule has 3 amide bonds. The number of ether oxygens (including phenoxy) is 2. The molecule has 0 aliphatic rings. The predicted molar refractivity (Wildman–Crippen MR) is 147 cm³/mol. The molecule has 0 aliphatic heterocycles. The summed E-state index contributed by atoms with van der Waals surface area (Å²) in [6.45, 7) is 8.69. The van der Waals surface area contributed by atoms with Crippen LogP contribution in [0.3, 0.4) is 0 Å². The third-order valence-corrected chi connectivity index (χ3v) is 5.51. The summed E-state index contributed by atoms with van der Waals surface area (Å²) in [4.78, 5) is 31.4. The maximum Gasteiger partial charge on any atom is 0.412 e. The Bertz CT molecular complexity index is 947. The van der Waals surface area contributed by atoms with E-state index in [-0.39, 0.29) is 0 Å². The second-order valence-electron chi connectivity index (χ2n) is 8.18. The quantitative estimate of drug-likeness (QED) is 0.317. The van der Waals surface area contributed by atoms with Crippen LogP contribution in [0.2, 0.25) is 0 Å². The summed E-state index contributed by atoms with van der Waals surface area (Å²) in [5.41, 5.74) is 2.44. The van der Waals surface area contributed by atoms with E-state index in [0.29, 0.717) is 23.3 Å². The van der Waals surface area contributed by atoms with E-state index in [2.05, 4.69) is 50.5 Å². The number of carbonyl (C=O) groups excluding carboxylic acids is 2. The highest BCUT2D eigenvalue weighted by atomic mass is 16.6. The van der Waals surface area contributed by atoms with Gasteiger partial charge >= 0.3 is 18.3 Å². The molecule has 0 spiro atoms. The average Bonchev–Trinajstić information content (AvgIpc) is 2.90. The normalized spacial score (nSPS) is 10.5. The Hall–Kier alpha value is -3.75. The first kappa shape index (κ1) is 33.2. The molecule has 0 aliphatic carbocycles. The predicted octanol–water partition coefficient (Wildman–Crippen LogP) is 6.50. The summed E-state index contributed by atoms with van der Waals surface area (Å²) in [7, 11) is 4.45. The summed E-state index contributed by atoms with van der Waals surface area (Å²) in [6.07, 6.45) is 2.64. The standard InChI is InChI=1S/2C13H19NO2.C2H5NO2/c1-4-6-10(2)11-7-5-8-12(9-11)16-13(15)14-3;1-4-10(5-2)11-7-6-8-12(9-11)16-13(15)14-3;1-3-2(4)5/h5,7-10H,4,6H2,1-3H3,(H,14,15);6-10H,4-5H2,1-3H3,(H,14,15);3H,1H3,(H,4,5). The molecule has 1 unspecified atom stereocenters. The van der Waals surface area contributed by atoms with E-state index in [0.717, 1.165) is 25.7 Å². The number of rotatable bonds is 8. The molecule has 0 aromatic heterocycles. The molecule has 206 valence electrons. The third kappa shape index (κ3) is 14.4. The van der Waals surface area contributed by atoms with Crippen molar-refractivity contribution >= 4 is 18.3 Å². The van der Waals surface area contributed by atoms with Crippen molar-refractivity contribution in [2.45, 2.75) is 65.2 Å². The van der Waals surface area contributed by atoms with E-state index in [1.165, 1.54) is 18.2 Å². The van der Waals surface area contributed by atoms with Gasteiger partial charge in [-0.25, -0.2) is 14.4 Å². The van der Waals surface area contributed by atoms with Crippen molar-refractivity contribution in [2.75, 3.05) is 21.1 Å². The summed E-state index contributed by atoms with van der Waals surface area (Å²) in [6, 6.07) is 15.4. The molecule has 9 heteroatoms. The number of carbonyl (C=O) groups is 3. The monoisotopic (exact) mass is 517 g/mol. The molecule has 9 nitrogen and oxygen atoms in total. The molecular formula is C28H43N3O6. The van der Waals surface area contributed by atoms with Crippen LogP contribution in [0, 0.1) is 0 Å². The minimum Gasteiger partial charge on any atom is -0.465 e. The first-order valence-electron chi connectivity index (χ1n) is 12.5. The maximum absolute atomic E-state index is 11.1. The minimum atomic E-state index is -0.995. The van der Waals surface area contributed by atoms with Crippen molar-refractivity contribution in [3.8, 4) is 11.5 Å². The van der Waals surface area contributed by atoms with Crippen LogP contribution in [-0.2, 0) is 0 Å². The molecule has 0 heterocycles. The van der Waals surface area contributed by atoms with Gasteiger partial charge in [-0.2, -0.15) is 0 Å². The topological polar surface area (TPSA) is 126 Å². The molecule has 37 heavy (non-hydrogen) atoms. The van der Waals surface area contributed by atoms with Crippen LogP contribution in [0.5, 0.6) is 11.5 Å². The highest BCUT2D eigenvalue weighted by molar-refractivity contribution is 5.70. The molecule has 0 saturated carbocycles. The number of benzene rings is 2. The lowest BCUT2D eigenvalue weighted by atomic mass is 9.94. The zero-order valence-corrected chi connectivity index (χ0v) is 23.1. The average molecular weight is 518 g/mol. The van der Waals surface area contributed by atoms with Crippen LogP contribution >= 0.6 is 0 Å². The summed E-state index contributed by atoms with van der Waals surface area (Å²) < 4.78 is 10.2. The van der Waals surface area contributed by atoms with Crippen molar-refractivity contribution in [2.24, 2.45) is 0 Å². The smallest absolute Gasteiger partial charge is 0.412 e. The van der Waals surface area contributed by atoms with Crippen LogP contribution < -0.4 is 25.4 Å². The molecule has 0 saturated heterocycles. The van der Waals surface area contributed by atoms with Crippen molar-refractivity contribution in [3.63, 3.8) is 0 Å². The molecule has 0 radical (unpaired) electrons. The van der Waals surface area contributed by atoms with E-state index < -0.39 is 18.3 Å².